The van der Waals surface area contributed by atoms with Crippen LogP contribution in [-0.4, -0.2) is 30.3 Å². The molecule has 1 heterocycles. The lowest BCUT2D eigenvalue weighted by Crippen LogP contribution is -2.03. The third-order valence-corrected chi connectivity index (χ3v) is 3.78. The van der Waals surface area contributed by atoms with Crippen LogP contribution in [0.2, 0.25) is 0 Å². The zero-order valence-corrected chi connectivity index (χ0v) is 13.8. The van der Waals surface area contributed by atoms with Crippen LogP contribution in [0.1, 0.15) is 5.56 Å². The maximum Gasteiger partial charge on any atom is 0.310 e. The topological polar surface area (TPSA) is 96.3 Å². The van der Waals surface area contributed by atoms with Gasteiger partial charge in [-0.15, -0.1) is 5.11 Å². The number of aromatic hydroxyl groups is 1. The molecule has 1 aromatic heterocycles. The maximum absolute atomic E-state index is 11.6. The molecule has 0 spiro atoms. The number of fused-ring (bicyclic) bond motifs is 1. The van der Waals surface area contributed by atoms with Crippen LogP contribution in [0.25, 0.3) is 10.9 Å². The molecule has 7 nitrogen and oxygen atoms in total. The summed E-state index contributed by atoms with van der Waals surface area (Å²) in [5.41, 5.74) is 2.34. The first kappa shape index (κ1) is 16.5. The molecule has 0 amide bonds. The van der Waals surface area contributed by atoms with Crippen molar-refractivity contribution in [2.75, 3.05) is 14.2 Å². The van der Waals surface area contributed by atoms with Crippen molar-refractivity contribution in [3.05, 3.63) is 48.2 Å². The summed E-state index contributed by atoms with van der Waals surface area (Å²) in [6.07, 6.45) is 1.78. The van der Waals surface area contributed by atoms with Gasteiger partial charge in [-0.25, -0.2) is 0 Å². The minimum atomic E-state index is -0.373. The highest BCUT2D eigenvalue weighted by molar-refractivity contribution is 5.98. The standard InChI is InChI=1S/C18H17N3O4/c1-24-13-5-3-12(4-6-13)20-21-18-15(22)8-7-14-17(18)11(10-19-14)9-16(23)25-2/h3-8,10,19,22H,9H2,1-2H3. The third-order valence-electron chi connectivity index (χ3n) is 3.78. The van der Waals surface area contributed by atoms with E-state index in [1.165, 1.54) is 13.2 Å². The Bertz CT molecular complexity index is 929. The van der Waals surface area contributed by atoms with E-state index in [2.05, 4.69) is 15.2 Å². The Hall–Kier alpha value is -3.35. The van der Waals surface area contributed by atoms with E-state index in [0.29, 0.717) is 22.3 Å². The molecule has 0 saturated carbocycles. The number of H-pyrrole nitrogens is 1. The minimum absolute atomic E-state index is 0.0181. The average molecular weight is 339 g/mol. The molecule has 7 heteroatoms. The first-order chi connectivity index (χ1) is 12.1. The molecule has 0 atom stereocenters. The number of benzene rings is 2. The normalized spacial score (nSPS) is 11.1. The van der Waals surface area contributed by atoms with Crippen molar-refractivity contribution in [2.45, 2.75) is 6.42 Å². The van der Waals surface area contributed by atoms with E-state index in [0.717, 1.165) is 11.3 Å². The van der Waals surface area contributed by atoms with Gasteiger partial charge in [-0.3, -0.25) is 4.79 Å². The summed E-state index contributed by atoms with van der Waals surface area (Å²) >= 11 is 0. The number of methoxy groups -OCH3 is 2. The van der Waals surface area contributed by atoms with E-state index in [-0.39, 0.29) is 18.1 Å². The molecular weight excluding hydrogens is 322 g/mol. The number of nitrogens with one attached hydrogen (secondary N) is 1. The Balaban J connectivity index is 2.01. The van der Waals surface area contributed by atoms with E-state index >= 15 is 0 Å². The van der Waals surface area contributed by atoms with Crippen LogP contribution < -0.4 is 4.74 Å². The summed E-state index contributed by atoms with van der Waals surface area (Å²) in [5.74, 6) is 0.327. The number of phenols is 1. The molecular formula is C18H17N3O4. The SMILES string of the molecule is COC(=O)Cc1c[nH]c2ccc(O)c(N=Nc3ccc(OC)cc3)c12. The second kappa shape index (κ2) is 7.04. The van der Waals surface area contributed by atoms with Gasteiger partial charge in [0.2, 0.25) is 0 Å². The number of ether oxygens (including phenoxy) is 2. The number of rotatable bonds is 5. The number of hydrogen-bond acceptors (Lipinski definition) is 6. The van der Waals surface area contributed by atoms with Crippen LogP contribution in [0.4, 0.5) is 11.4 Å². The van der Waals surface area contributed by atoms with Crippen LogP contribution in [0.5, 0.6) is 11.5 Å². The van der Waals surface area contributed by atoms with Crippen molar-refractivity contribution in [3.8, 4) is 11.5 Å². The molecule has 2 N–H and O–H groups in total. The molecule has 0 aliphatic rings. The molecule has 0 fully saturated rings. The first-order valence-corrected chi connectivity index (χ1v) is 7.57. The van der Waals surface area contributed by atoms with Gasteiger partial charge >= 0.3 is 5.97 Å². The summed E-state index contributed by atoms with van der Waals surface area (Å²) in [4.78, 5) is 14.7. The largest absolute Gasteiger partial charge is 0.506 e. The zero-order chi connectivity index (χ0) is 17.8. The van der Waals surface area contributed by atoms with Crippen molar-refractivity contribution >= 4 is 28.2 Å². The molecule has 0 saturated heterocycles. The molecule has 2 aromatic carbocycles. The summed E-state index contributed by atoms with van der Waals surface area (Å²) in [7, 11) is 2.92. The fourth-order valence-electron chi connectivity index (χ4n) is 2.49. The van der Waals surface area contributed by atoms with Crippen LogP contribution in [0.3, 0.4) is 0 Å². The molecule has 25 heavy (non-hydrogen) atoms. The lowest BCUT2D eigenvalue weighted by atomic mass is 10.1. The monoisotopic (exact) mass is 339 g/mol. The van der Waals surface area contributed by atoms with Crippen LogP contribution in [0.15, 0.2) is 52.8 Å². The number of azo groups is 1. The van der Waals surface area contributed by atoms with Crippen molar-refractivity contribution in [1.29, 1.82) is 0 Å². The maximum atomic E-state index is 11.6. The fraction of sp³-hybridized carbons (Fsp3) is 0.167. The summed E-state index contributed by atoms with van der Waals surface area (Å²) in [5, 5.41) is 19.2. The van der Waals surface area contributed by atoms with E-state index in [9.17, 15) is 9.90 Å². The molecule has 0 unspecified atom stereocenters. The second-order valence-electron chi connectivity index (χ2n) is 5.32. The van der Waals surface area contributed by atoms with E-state index < -0.39 is 0 Å². The molecule has 0 aliphatic heterocycles. The number of aromatic amines is 1. The molecule has 0 bridgehead atoms. The lowest BCUT2D eigenvalue weighted by molar-refractivity contribution is -0.139. The number of phenolic OH excluding ortho intramolecular Hbond substituents is 1. The van der Waals surface area contributed by atoms with E-state index in [1.54, 1.807) is 43.6 Å². The van der Waals surface area contributed by atoms with Gasteiger partial charge < -0.3 is 19.6 Å². The van der Waals surface area contributed by atoms with Gasteiger partial charge in [0.1, 0.15) is 17.2 Å². The van der Waals surface area contributed by atoms with E-state index in [1.807, 2.05) is 0 Å². The highest BCUT2D eigenvalue weighted by Gasteiger charge is 2.15. The molecule has 0 aliphatic carbocycles. The van der Waals surface area contributed by atoms with Crippen LogP contribution in [0, 0.1) is 0 Å². The predicted molar refractivity (Wildman–Crippen MR) is 92.9 cm³/mol. The van der Waals surface area contributed by atoms with Crippen molar-refractivity contribution in [1.82, 2.24) is 4.98 Å². The number of esters is 1. The number of nitrogens with zero attached hydrogens (tertiary/aromatic N) is 2. The molecule has 128 valence electrons. The molecule has 3 rings (SSSR count). The lowest BCUT2D eigenvalue weighted by Gasteiger charge is -2.04. The highest BCUT2D eigenvalue weighted by atomic mass is 16.5. The first-order valence-electron chi connectivity index (χ1n) is 7.57. The van der Waals surface area contributed by atoms with Gasteiger partial charge in [0.15, 0.2) is 0 Å². The van der Waals surface area contributed by atoms with Gasteiger partial charge in [0.05, 0.1) is 26.3 Å². The number of carbonyl (C=O) groups is 1. The van der Waals surface area contributed by atoms with Crippen molar-refractivity contribution < 1.29 is 19.4 Å². The molecule has 0 radical (unpaired) electrons. The smallest absolute Gasteiger partial charge is 0.310 e. The third kappa shape index (κ3) is 3.45. The summed E-state index contributed by atoms with van der Waals surface area (Å²) < 4.78 is 9.81. The van der Waals surface area contributed by atoms with E-state index in [4.69, 9.17) is 9.47 Å². The number of aromatic nitrogens is 1. The predicted octanol–water partition coefficient (Wildman–Crippen LogP) is 4.01. The number of hydrogen-bond donors (Lipinski definition) is 2. The fourth-order valence-corrected chi connectivity index (χ4v) is 2.49. The van der Waals surface area contributed by atoms with Crippen LogP contribution >= 0.6 is 0 Å². The zero-order valence-electron chi connectivity index (χ0n) is 13.8. The van der Waals surface area contributed by atoms with Gasteiger partial charge in [-0.1, -0.05) is 0 Å². The summed E-state index contributed by atoms with van der Waals surface area (Å²) in [6.45, 7) is 0. The average Bonchev–Trinajstić information content (AvgIpc) is 3.04. The second-order valence-corrected chi connectivity index (χ2v) is 5.32. The minimum Gasteiger partial charge on any atom is -0.506 e. The Labute approximate surface area is 143 Å². The summed E-state index contributed by atoms with van der Waals surface area (Å²) in [6, 6.07) is 10.3. The Morgan fingerprint density at radius 2 is 1.88 bits per heavy atom. The molecule has 3 aromatic rings. The highest BCUT2D eigenvalue weighted by Crippen LogP contribution is 2.38. The Morgan fingerprint density at radius 3 is 2.56 bits per heavy atom. The van der Waals surface area contributed by atoms with Gasteiger partial charge in [0, 0.05) is 17.1 Å². The quantitative estimate of drug-likeness (QED) is 0.542. The van der Waals surface area contributed by atoms with Gasteiger partial charge in [-0.2, -0.15) is 5.11 Å². The Morgan fingerprint density at radius 1 is 1.12 bits per heavy atom. The van der Waals surface area contributed by atoms with Crippen molar-refractivity contribution in [2.24, 2.45) is 10.2 Å². The van der Waals surface area contributed by atoms with Gasteiger partial charge in [0.25, 0.3) is 0 Å². The van der Waals surface area contributed by atoms with Crippen LogP contribution in [-0.2, 0) is 16.0 Å². The van der Waals surface area contributed by atoms with Crippen molar-refractivity contribution in [3.63, 3.8) is 0 Å². The Kier molecular flexibility index (Phi) is 4.65. The number of carbonyl (C=O) groups excluding carboxylic acids is 1. The van der Waals surface area contributed by atoms with Gasteiger partial charge in [-0.05, 0) is 42.0 Å².